The molecular formula is C16H20ClN3. The van der Waals surface area contributed by atoms with Gasteiger partial charge >= 0.3 is 0 Å². The van der Waals surface area contributed by atoms with Gasteiger partial charge in [-0.3, -0.25) is 0 Å². The minimum Gasteiger partial charge on any atom is -0.340 e. The van der Waals surface area contributed by atoms with Crippen molar-refractivity contribution in [2.75, 3.05) is 5.32 Å². The van der Waals surface area contributed by atoms with Crippen LogP contribution in [0.25, 0.3) is 0 Å². The summed E-state index contributed by atoms with van der Waals surface area (Å²) >= 11 is 6.21. The van der Waals surface area contributed by atoms with Gasteiger partial charge in [-0.25, -0.2) is 9.97 Å². The first kappa shape index (κ1) is 14.8. The highest BCUT2D eigenvalue weighted by Gasteiger charge is 2.12. The van der Waals surface area contributed by atoms with Gasteiger partial charge in [0.15, 0.2) is 0 Å². The zero-order chi connectivity index (χ0) is 14.9. The van der Waals surface area contributed by atoms with E-state index in [-0.39, 0.29) is 5.92 Å². The molecule has 1 heterocycles. The molecule has 20 heavy (non-hydrogen) atoms. The molecule has 0 aliphatic rings. The summed E-state index contributed by atoms with van der Waals surface area (Å²) in [5.41, 5.74) is 4.39. The van der Waals surface area contributed by atoms with E-state index in [4.69, 9.17) is 11.6 Å². The first-order valence-corrected chi connectivity index (χ1v) is 7.15. The first-order valence-electron chi connectivity index (χ1n) is 6.77. The molecule has 0 spiro atoms. The van der Waals surface area contributed by atoms with E-state index in [0.717, 1.165) is 22.9 Å². The molecule has 3 nitrogen and oxygen atoms in total. The first-order chi connectivity index (χ1) is 9.40. The predicted octanol–water partition coefficient (Wildman–Crippen LogP) is 4.92. The molecule has 1 aromatic heterocycles. The van der Waals surface area contributed by atoms with E-state index in [1.165, 1.54) is 11.1 Å². The van der Waals surface area contributed by atoms with Gasteiger partial charge in [0.1, 0.15) is 16.8 Å². The fourth-order valence-corrected chi connectivity index (χ4v) is 2.08. The Labute approximate surface area is 125 Å². The number of halogens is 1. The van der Waals surface area contributed by atoms with E-state index < -0.39 is 0 Å². The number of nitrogens with zero attached hydrogens (tertiary/aromatic N) is 2. The second-order valence-corrected chi connectivity index (χ2v) is 5.73. The summed E-state index contributed by atoms with van der Waals surface area (Å²) in [6.45, 7) is 10.2. The molecular weight excluding hydrogens is 270 g/mol. The average Bonchev–Trinajstić information content (AvgIpc) is 2.39. The van der Waals surface area contributed by atoms with Crippen molar-refractivity contribution in [2.24, 2.45) is 0 Å². The second-order valence-electron chi connectivity index (χ2n) is 5.37. The summed E-state index contributed by atoms with van der Waals surface area (Å²) in [5, 5.41) is 3.89. The van der Waals surface area contributed by atoms with Gasteiger partial charge in [-0.1, -0.05) is 37.6 Å². The fraction of sp³-hybridized carbons (Fsp3) is 0.375. The highest BCUT2D eigenvalue weighted by atomic mass is 35.5. The molecule has 0 atom stereocenters. The molecule has 0 fully saturated rings. The van der Waals surface area contributed by atoms with Crippen LogP contribution >= 0.6 is 11.6 Å². The van der Waals surface area contributed by atoms with Gasteiger partial charge in [-0.05, 0) is 38.0 Å². The molecule has 0 saturated carbocycles. The Morgan fingerprint density at radius 2 is 1.75 bits per heavy atom. The van der Waals surface area contributed by atoms with Gasteiger partial charge in [0.05, 0.1) is 0 Å². The van der Waals surface area contributed by atoms with Crippen LogP contribution < -0.4 is 5.32 Å². The molecule has 0 bridgehead atoms. The van der Waals surface area contributed by atoms with Crippen molar-refractivity contribution in [1.82, 2.24) is 9.97 Å². The molecule has 0 aliphatic heterocycles. The molecule has 4 heteroatoms. The summed E-state index contributed by atoms with van der Waals surface area (Å²) in [7, 11) is 0. The summed E-state index contributed by atoms with van der Waals surface area (Å²) in [6, 6.07) is 6.18. The topological polar surface area (TPSA) is 37.8 Å². The number of benzene rings is 1. The molecule has 0 amide bonds. The van der Waals surface area contributed by atoms with E-state index in [1.807, 2.05) is 19.1 Å². The van der Waals surface area contributed by atoms with Crippen LogP contribution in [0, 0.1) is 20.8 Å². The zero-order valence-corrected chi connectivity index (χ0v) is 13.3. The summed E-state index contributed by atoms with van der Waals surface area (Å²) in [5.74, 6) is 1.78. The van der Waals surface area contributed by atoms with Crippen LogP contribution in [0.3, 0.4) is 0 Å². The van der Waals surface area contributed by atoms with E-state index in [2.05, 4.69) is 49.0 Å². The lowest BCUT2D eigenvalue weighted by Crippen LogP contribution is -2.06. The van der Waals surface area contributed by atoms with Crippen LogP contribution in [0.5, 0.6) is 0 Å². The summed E-state index contributed by atoms with van der Waals surface area (Å²) in [6.07, 6.45) is 0. The minimum atomic E-state index is 0.243. The monoisotopic (exact) mass is 289 g/mol. The van der Waals surface area contributed by atoms with Crippen molar-refractivity contribution in [2.45, 2.75) is 40.5 Å². The van der Waals surface area contributed by atoms with Crippen molar-refractivity contribution >= 4 is 23.1 Å². The summed E-state index contributed by atoms with van der Waals surface area (Å²) < 4.78 is 0. The van der Waals surface area contributed by atoms with Crippen molar-refractivity contribution in [3.63, 3.8) is 0 Å². The Bertz CT molecular complexity index is 636. The maximum absolute atomic E-state index is 6.21. The van der Waals surface area contributed by atoms with Gasteiger partial charge in [0.25, 0.3) is 0 Å². The van der Waals surface area contributed by atoms with Gasteiger partial charge in [-0.2, -0.15) is 0 Å². The molecule has 106 valence electrons. The molecule has 0 saturated heterocycles. The van der Waals surface area contributed by atoms with Gasteiger partial charge < -0.3 is 5.32 Å². The lowest BCUT2D eigenvalue weighted by atomic mass is 10.1. The number of aryl methyl sites for hydroxylation is 1. The van der Waals surface area contributed by atoms with Crippen molar-refractivity contribution in [1.29, 1.82) is 0 Å². The molecule has 0 radical (unpaired) electrons. The van der Waals surface area contributed by atoms with Crippen molar-refractivity contribution < 1.29 is 0 Å². The van der Waals surface area contributed by atoms with Gasteiger partial charge in [0, 0.05) is 17.2 Å². The SMILES string of the molecule is Cc1cccc(Nc2nc(C(C)C)nc(Cl)c2C)c1C. The average molecular weight is 290 g/mol. The van der Waals surface area contributed by atoms with Gasteiger partial charge in [0.2, 0.25) is 0 Å². The quantitative estimate of drug-likeness (QED) is 0.815. The standard InChI is InChI=1S/C16H20ClN3/c1-9(2)15-19-14(17)12(5)16(20-15)18-13-8-6-7-10(3)11(13)4/h6-9H,1-5H3,(H,18,19,20). The molecule has 0 unspecified atom stereocenters. The number of anilines is 2. The Kier molecular flexibility index (Phi) is 4.29. The number of hydrogen-bond acceptors (Lipinski definition) is 3. The zero-order valence-electron chi connectivity index (χ0n) is 12.6. The lowest BCUT2D eigenvalue weighted by molar-refractivity contribution is 0.773. The van der Waals surface area contributed by atoms with Crippen LogP contribution in [0.15, 0.2) is 18.2 Å². The Hall–Kier alpha value is -1.61. The van der Waals surface area contributed by atoms with E-state index in [0.29, 0.717) is 5.15 Å². The summed E-state index contributed by atoms with van der Waals surface area (Å²) in [4.78, 5) is 8.92. The van der Waals surface area contributed by atoms with Crippen LogP contribution in [0.1, 0.15) is 42.3 Å². The van der Waals surface area contributed by atoms with Crippen molar-refractivity contribution in [3.8, 4) is 0 Å². The third kappa shape index (κ3) is 2.93. The Morgan fingerprint density at radius 3 is 2.40 bits per heavy atom. The molecule has 1 aromatic carbocycles. The van der Waals surface area contributed by atoms with E-state index in [9.17, 15) is 0 Å². The number of hydrogen-bond donors (Lipinski definition) is 1. The largest absolute Gasteiger partial charge is 0.340 e. The van der Waals surface area contributed by atoms with Crippen LogP contribution in [0.4, 0.5) is 11.5 Å². The van der Waals surface area contributed by atoms with E-state index in [1.54, 1.807) is 0 Å². The third-order valence-electron chi connectivity index (χ3n) is 3.48. The number of rotatable bonds is 3. The van der Waals surface area contributed by atoms with Crippen molar-refractivity contribution in [3.05, 3.63) is 45.9 Å². The minimum absolute atomic E-state index is 0.243. The highest BCUT2D eigenvalue weighted by molar-refractivity contribution is 6.30. The Morgan fingerprint density at radius 1 is 1.05 bits per heavy atom. The maximum atomic E-state index is 6.21. The highest BCUT2D eigenvalue weighted by Crippen LogP contribution is 2.27. The fourth-order valence-electron chi connectivity index (χ4n) is 1.90. The number of nitrogens with one attached hydrogen (secondary N) is 1. The Balaban J connectivity index is 2.45. The van der Waals surface area contributed by atoms with E-state index >= 15 is 0 Å². The van der Waals surface area contributed by atoms with Crippen LogP contribution in [-0.4, -0.2) is 9.97 Å². The van der Waals surface area contributed by atoms with Gasteiger partial charge in [-0.15, -0.1) is 0 Å². The normalized spacial score (nSPS) is 10.9. The van der Waals surface area contributed by atoms with Crippen LogP contribution in [0.2, 0.25) is 5.15 Å². The maximum Gasteiger partial charge on any atom is 0.138 e. The lowest BCUT2D eigenvalue weighted by Gasteiger charge is -2.15. The molecule has 0 aliphatic carbocycles. The second kappa shape index (κ2) is 5.80. The smallest absolute Gasteiger partial charge is 0.138 e. The molecule has 2 rings (SSSR count). The predicted molar refractivity (Wildman–Crippen MR) is 85.1 cm³/mol. The third-order valence-corrected chi connectivity index (χ3v) is 3.85. The molecule has 1 N–H and O–H groups in total. The van der Waals surface area contributed by atoms with Crippen LogP contribution in [-0.2, 0) is 0 Å². The molecule has 2 aromatic rings. The number of aromatic nitrogens is 2.